The Morgan fingerprint density at radius 3 is 3.08 bits per heavy atom. The average Bonchev–Trinajstić information content (AvgIpc) is 3.31. The number of H-pyrrole nitrogens is 1. The fourth-order valence-corrected chi connectivity index (χ4v) is 5.28. The molecule has 2 N–H and O–H groups in total. The molecule has 5 nitrogen and oxygen atoms in total. The lowest BCUT2D eigenvalue weighted by Gasteiger charge is -2.57. The highest BCUT2D eigenvalue weighted by Gasteiger charge is 2.51. The number of carbonyl (C=O) groups excluding carboxylic acids is 1. The summed E-state index contributed by atoms with van der Waals surface area (Å²) < 4.78 is 0. The minimum atomic E-state index is 0.0594. The molecule has 2 atom stereocenters. The molecule has 1 aliphatic carbocycles. The van der Waals surface area contributed by atoms with E-state index in [2.05, 4.69) is 52.1 Å². The van der Waals surface area contributed by atoms with E-state index in [0.29, 0.717) is 11.7 Å². The Morgan fingerprint density at radius 1 is 1.42 bits per heavy atom. The molecule has 26 heavy (non-hydrogen) atoms. The summed E-state index contributed by atoms with van der Waals surface area (Å²) in [5, 5.41) is 14.1. The van der Waals surface area contributed by atoms with Crippen LogP contribution in [-0.2, 0) is 0 Å². The van der Waals surface area contributed by atoms with Crippen molar-refractivity contribution in [3.63, 3.8) is 0 Å². The molecule has 3 aromatic rings. The Labute approximate surface area is 156 Å². The number of fused-ring (bicyclic) bond motifs is 2. The number of thiophene rings is 1. The number of nitrogens with one attached hydrogen (secondary N) is 2. The molecule has 1 aromatic carbocycles. The summed E-state index contributed by atoms with van der Waals surface area (Å²) in [5.74, 6) is 0.0594. The second kappa shape index (κ2) is 5.93. The average molecular weight is 366 g/mol. The first-order chi connectivity index (χ1) is 12.7. The van der Waals surface area contributed by atoms with Crippen LogP contribution in [0.3, 0.4) is 0 Å². The Bertz CT molecular complexity index is 960. The van der Waals surface area contributed by atoms with Gasteiger partial charge in [-0.15, -0.1) is 11.3 Å². The molecule has 2 aliphatic rings. The third kappa shape index (κ3) is 2.25. The highest BCUT2D eigenvalue weighted by molar-refractivity contribution is 7.13. The first-order valence-corrected chi connectivity index (χ1v) is 10.2. The molecule has 1 saturated heterocycles. The molecule has 2 aromatic heterocycles. The molecular weight excluding hydrogens is 344 g/mol. The van der Waals surface area contributed by atoms with Crippen molar-refractivity contribution in [3.05, 3.63) is 41.4 Å². The molecule has 5 rings (SSSR count). The van der Waals surface area contributed by atoms with Gasteiger partial charge in [-0.25, -0.2) is 0 Å². The zero-order valence-corrected chi connectivity index (χ0v) is 15.6. The van der Waals surface area contributed by atoms with Gasteiger partial charge in [-0.1, -0.05) is 19.1 Å². The zero-order chi connectivity index (χ0) is 17.7. The minimum Gasteiger partial charge on any atom is -0.331 e. The van der Waals surface area contributed by atoms with E-state index in [4.69, 9.17) is 0 Å². The SMILES string of the molecule is CCC12CCC1N(C(=O)c1n[nH]c3cc(-c4cccs4)ccc13)CCN2. The topological polar surface area (TPSA) is 61.0 Å². The van der Waals surface area contributed by atoms with E-state index in [0.717, 1.165) is 48.8 Å². The molecule has 0 bridgehead atoms. The van der Waals surface area contributed by atoms with Crippen molar-refractivity contribution in [3.8, 4) is 10.4 Å². The maximum atomic E-state index is 13.3. The van der Waals surface area contributed by atoms with Crippen LogP contribution in [0.15, 0.2) is 35.7 Å². The number of aromatic nitrogens is 2. The van der Waals surface area contributed by atoms with E-state index in [1.807, 2.05) is 11.0 Å². The summed E-state index contributed by atoms with van der Waals surface area (Å²) in [6.07, 6.45) is 3.30. The van der Waals surface area contributed by atoms with Gasteiger partial charge in [0.05, 0.1) is 11.6 Å². The summed E-state index contributed by atoms with van der Waals surface area (Å²) in [6, 6.07) is 10.6. The van der Waals surface area contributed by atoms with Crippen LogP contribution in [-0.4, -0.2) is 45.7 Å². The van der Waals surface area contributed by atoms with Crippen molar-refractivity contribution >= 4 is 28.1 Å². The van der Waals surface area contributed by atoms with Crippen LogP contribution >= 0.6 is 11.3 Å². The number of piperazine rings is 1. The lowest BCUT2D eigenvalue weighted by molar-refractivity contribution is -0.0132. The van der Waals surface area contributed by atoms with Crippen molar-refractivity contribution in [2.45, 2.75) is 37.8 Å². The number of carbonyl (C=O) groups is 1. The second-order valence-electron chi connectivity index (χ2n) is 7.30. The van der Waals surface area contributed by atoms with E-state index in [9.17, 15) is 4.79 Å². The number of amides is 1. The van der Waals surface area contributed by atoms with Crippen LogP contribution in [0.1, 0.15) is 36.7 Å². The van der Waals surface area contributed by atoms with Crippen LogP contribution < -0.4 is 5.32 Å². The molecule has 0 radical (unpaired) electrons. The van der Waals surface area contributed by atoms with Crippen LogP contribution in [0.4, 0.5) is 0 Å². The molecule has 0 spiro atoms. The van der Waals surface area contributed by atoms with Crippen LogP contribution in [0.5, 0.6) is 0 Å². The van der Waals surface area contributed by atoms with E-state index in [1.54, 1.807) is 11.3 Å². The number of nitrogens with zero attached hydrogens (tertiary/aromatic N) is 2. The van der Waals surface area contributed by atoms with E-state index in [-0.39, 0.29) is 11.4 Å². The van der Waals surface area contributed by atoms with E-state index in [1.165, 1.54) is 4.88 Å². The van der Waals surface area contributed by atoms with Gasteiger partial charge in [0, 0.05) is 28.9 Å². The monoisotopic (exact) mass is 366 g/mol. The predicted molar refractivity (Wildman–Crippen MR) is 104 cm³/mol. The quantitative estimate of drug-likeness (QED) is 0.744. The Hall–Kier alpha value is -2.18. The third-order valence-corrected chi connectivity index (χ3v) is 7.09. The van der Waals surface area contributed by atoms with Crippen LogP contribution in [0, 0.1) is 0 Å². The second-order valence-corrected chi connectivity index (χ2v) is 8.25. The molecular formula is C20H22N4OS. The molecule has 2 unspecified atom stereocenters. The van der Waals surface area contributed by atoms with Gasteiger partial charge in [-0.2, -0.15) is 5.10 Å². The predicted octanol–water partition coefficient (Wildman–Crippen LogP) is 3.65. The maximum Gasteiger partial charge on any atom is 0.275 e. The summed E-state index contributed by atoms with van der Waals surface area (Å²) >= 11 is 1.71. The lowest BCUT2D eigenvalue weighted by Crippen LogP contribution is -2.73. The fraction of sp³-hybridized carbons (Fsp3) is 0.400. The normalized spacial score (nSPS) is 25.1. The Balaban J connectivity index is 1.48. The Morgan fingerprint density at radius 2 is 2.35 bits per heavy atom. The summed E-state index contributed by atoms with van der Waals surface area (Å²) in [4.78, 5) is 16.5. The van der Waals surface area contributed by atoms with Crippen molar-refractivity contribution in [1.29, 1.82) is 0 Å². The van der Waals surface area contributed by atoms with Crippen LogP contribution in [0.25, 0.3) is 21.3 Å². The van der Waals surface area contributed by atoms with Gasteiger partial charge in [0.2, 0.25) is 0 Å². The summed E-state index contributed by atoms with van der Waals surface area (Å²) in [6.45, 7) is 3.83. The molecule has 6 heteroatoms. The van der Waals surface area contributed by atoms with Crippen molar-refractivity contribution in [2.75, 3.05) is 13.1 Å². The third-order valence-electron chi connectivity index (χ3n) is 6.17. The molecule has 2 fully saturated rings. The van der Waals surface area contributed by atoms with Crippen molar-refractivity contribution < 1.29 is 4.79 Å². The molecule has 134 valence electrons. The highest BCUT2D eigenvalue weighted by atomic mass is 32.1. The smallest absolute Gasteiger partial charge is 0.275 e. The molecule has 3 heterocycles. The van der Waals surface area contributed by atoms with Crippen molar-refractivity contribution in [1.82, 2.24) is 20.4 Å². The molecule has 1 amide bonds. The number of aromatic amines is 1. The van der Waals surface area contributed by atoms with Gasteiger partial charge < -0.3 is 10.2 Å². The van der Waals surface area contributed by atoms with Gasteiger partial charge >= 0.3 is 0 Å². The Kier molecular flexibility index (Phi) is 3.65. The number of rotatable bonds is 3. The van der Waals surface area contributed by atoms with Gasteiger partial charge in [-0.05, 0) is 48.4 Å². The van der Waals surface area contributed by atoms with E-state index < -0.39 is 0 Å². The maximum absolute atomic E-state index is 13.3. The standard InChI is InChI=1S/C20H22N4OS/c1-2-20-8-7-17(20)24(10-9-21-20)19(25)18-14-6-5-13(12-15(14)22-23-18)16-4-3-11-26-16/h3-6,11-12,17,21H,2,7-10H2,1H3,(H,22,23). The largest absolute Gasteiger partial charge is 0.331 e. The summed E-state index contributed by atoms with van der Waals surface area (Å²) in [5.41, 5.74) is 2.74. The van der Waals surface area contributed by atoms with Gasteiger partial charge in [-0.3, -0.25) is 9.89 Å². The highest BCUT2D eigenvalue weighted by Crippen LogP contribution is 2.41. The van der Waals surface area contributed by atoms with E-state index >= 15 is 0 Å². The van der Waals surface area contributed by atoms with Gasteiger partial charge in [0.25, 0.3) is 5.91 Å². The van der Waals surface area contributed by atoms with Gasteiger partial charge in [0.1, 0.15) is 0 Å². The molecule has 1 saturated carbocycles. The minimum absolute atomic E-state index is 0.0594. The first kappa shape index (κ1) is 16.0. The number of hydrogen-bond acceptors (Lipinski definition) is 4. The van der Waals surface area contributed by atoms with Crippen LogP contribution in [0.2, 0.25) is 0 Å². The summed E-state index contributed by atoms with van der Waals surface area (Å²) in [7, 11) is 0. The zero-order valence-electron chi connectivity index (χ0n) is 14.8. The first-order valence-electron chi connectivity index (χ1n) is 9.30. The number of benzene rings is 1. The van der Waals surface area contributed by atoms with Gasteiger partial charge in [0.15, 0.2) is 5.69 Å². The lowest BCUT2D eigenvalue weighted by atomic mass is 9.67. The van der Waals surface area contributed by atoms with Crippen molar-refractivity contribution in [2.24, 2.45) is 0 Å². The fourth-order valence-electron chi connectivity index (χ4n) is 4.56. The number of hydrogen-bond donors (Lipinski definition) is 2. The molecule has 1 aliphatic heterocycles.